The molecular weight excluding hydrogens is 235 g/mol. The summed E-state index contributed by atoms with van der Waals surface area (Å²) in [4.78, 5) is 0. The zero-order valence-corrected chi connectivity index (χ0v) is 10.1. The summed E-state index contributed by atoms with van der Waals surface area (Å²) >= 11 is 0. The highest BCUT2D eigenvalue weighted by Crippen LogP contribution is 2.36. The Labute approximate surface area is 98.2 Å². The molecule has 1 nitrogen and oxygen atoms in total. The Kier molecular flexibility index (Phi) is 3.74. The molecule has 0 spiro atoms. The smallest absolute Gasteiger partial charge is 0.204 e. The minimum atomic E-state index is -1.50. The van der Waals surface area contributed by atoms with Gasteiger partial charge in [-0.1, -0.05) is 20.3 Å². The van der Waals surface area contributed by atoms with Crippen LogP contribution in [0.15, 0.2) is 0 Å². The van der Waals surface area contributed by atoms with Gasteiger partial charge in [0, 0.05) is 5.56 Å². The van der Waals surface area contributed by atoms with Crippen molar-refractivity contribution in [2.75, 3.05) is 7.11 Å². The molecule has 1 unspecified atom stereocenters. The van der Waals surface area contributed by atoms with Gasteiger partial charge in [0.2, 0.25) is 11.6 Å². The molecule has 0 N–H and O–H groups in total. The van der Waals surface area contributed by atoms with E-state index in [0.717, 1.165) is 7.11 Å². The summed E-state index contributed by atoms with van der Waals surface area (Å²) in [6.07, 6.45) is 0.339. The second-order valence-corrected chi connectivity index (χ2v) is 4.40. The van der Waals surface area contributed by atoms with E-state index in [4.69, 9.17) is 0 Å². The van der Waals surface area contributed by atoms with E-state index in [2.05, 4.69) is 4.74 Å². The Morgan fingerprint density at radius 1 is 1.06 bits per heavy atom. The van der Waals surface area contributed by atoms with Crippen LogP contribution < -0.4 is 4.74 Å². The van der Waals surface area contributed by atoms with E-state index in [1.54, 1.807) is 6.92 Å². The molecule has 1 atom stereocenters. The molecule has 1 aromatic rings. The van der Waals surface area contributed by atoms with Crippen LogP contribution in [-0.4, -0.2) is 15.0 Å². The van der Waals surface area contributed by atoms with Crippen molar-refractivity contribution in [1.29, 1.82) is 0 Å². The summed E-state index contributed by atoms with van der Waals surface area (Å²) in [5.41, 5.74) is -0.587. The van der Waals surface area contributed by atoms with Gasteiger partial charge in [0.15, 0.2) is 17.4 Å². The van der Waals surface area contributed by atoms with E-state index in [1.165, 1.54) is 14.8 Å². The molecular formula is C11H13BF4O. The molecule has 6 heteroatoms. The summed E-state index contributed by atoms with van der Waals surface area (Å²) in [7, 11) is 2.46. The van der Waals surface area contributed by atoms with Gasteiger partial charge >= 0.3 is 0 Å². The van der Waals surface area contributed by atoms with Crippen LogP contribution in [0.3, 0.4) is 0 Å². The Morgan fingerprint density at radius 2 is 1.47 bits per heavy atom. The third-order valence-electron chi connectivity index (χ3n) is 2.99. The molecule has 0 saturated heterocycles. The predicted molar refractivity (Wildman–Crippen MR) is 59.0 cm³/mol. The number of methoxy groups -OCH3 is 1. The summed E-state index contributed by atoms with van der Waals surface area (Å²) in [6, 6.07) is 0. The Hall–Kier alpha value is -1.20. The summed E-state index contributed by atoms with van der Waals surface area (Å²) in [5, 5.41) is -0.998. The molecule has 0 aliphatic rings. The standard InChI is InChI=1S/C11H13BF4O/c1-4-11(2,12)5-6(13)8(15)10(17-3)9(16)7(5)14/h4,12H2,1-3H3. The monoisotopic (exact) mass is 248 g/mol. The fraction of sp³-hybridized carbons (Fsp3) is 0.455. The third kappa shape index (κ3) is 2.12. The lowest BCUT2D eigenvalue weighted by Gasteiger charge is -2.25. The van der Waals surface area contributed by atoms with Crippen LogP contribution in [0.5, 0.6) is 5.75 Å². The highest BCUT2D eigenvalue weighted by Gasteiger charge is 2.33. The summed E-state index contributed by atoms with van der Waals surface area (Å²) < 4.78 is 58.7. The summed E-state index contributed by atoms with van der Waals surface area (Å²) in [5.74, 6) is -6.82. The van der Waals surface area contributed by atoms with Crippen molar-refractivity contribution in [2.24, 2.45) is 0 Å². The van der Waals surface area contributed by atoms with E-state index < -0.39 is 39.9 Å². The SMILES string of the molecule is BC(C)(CC)c1c(F)c(F)c(OC)c(F)c1F. The molecule has 0 heterocycles. The number of ether oxygens (including phenoxy) is 1. The van der Waals surface area contributed by atoms with Crippen LogP contribution in [0.4, 0.5) is 17.6 Å². The van der Waals surface area contributed by atoms with E-state index >= 15 is 0 Å². The van der Waals surface area contributed by atoms with Crippen molar-refractivity contribution in [3.63, 3.8) is 0 Å². The number of halogens is 4. The highest BCUT2D eigenvalue weighted by molar-refractivity contribution is 6.15. The van der Waals surface area contributed by atoms with E-state index in [-0.39, 0.29) is 0 Å². The van der Waals surface area contributed by atoms with Gasteiger partial charge in [0.25, 0.3) is 0 Å². The van der Waals surface area contributed by atoms with Gasteiger partial charge in [0.05, 0.1) is 7.11 Å². The number of hydrogen-bond donors (Lipinski definition) is 0. The zero-order valence-electron chi connectivity index (χ0n) is 10.1. The van der Waals surface area contributed by atoms with Crippen molar-refractivity contribution < 1.29 is 22.3 Å². The molecule has 0 aromatic heterocycles. The highest BCUT2D eigenvalue weighted by atomic mass is 19.2. The van der Waals surface area contributed by atoms with Crippen LogP contribution >= 0.6 is 0 Å². The van der Waals surface area contributed by atoms with Crippen molar-refractivity contribution in [1.82, 2.24) is 0 Å². The van der Waals surface area contributed by atoms with Crippen molar-refractivity contribution >= 4 is 7.85 Å². The molecule has 0 amide bonds. The van der Waals surface area contributed by atoms with E-state index in [1.807, 2.05) is 0 Å². The number of rotatable bonds is 3. The Morgan fingerprint density at radius 3 is 1.76 bits per heavy atom. The molecule has 0 fully saturated rings. The van der Waals surface area contributed by atoms with Crippen LogP contribution in [0.25, 0.3) is 0 Å². The molecule has 0 aliphatic heterocycles. The lowest BCUT2D eigenvalue weighted by Crippen LogP contribution is -2.26. The zero-order chi connectivity index (χ0) is 13.4. The normalized spacial score (nSPS) is 14.5. The Balaban J connectivity index is 3.65. The second-order valence-electron chi connectivity index (χ2n) is 4.40. The minimum absolute atomic E-state index is 0.339. The van der Waals surface area contributed by atoms with Gasteiger partial charge < -0.3 is 4.74 Å². The topological polar surface area (TPSA) is 9.23 Å². The average molecular weight is 248 g/mol. The average Bonchev–Trinajstić information content (AvgIpc) is 2.27. The first kappa shape index (κ1) is 13.9. The lowest BCUT2D eigenvalue weighted by atomic mass is 9.63. The van der Waals surface area contributed by atoms with Crippen LogP contribution in [0, 0.1) is 23.3 Å². The van der Waals surface area contributed by atoms with Gasteiger partial charge in [-0.25, -0.2) is 8.78 Å². The van der Waals surface area contributed by atoms with Gasteiger partial charge in [-0.2, -0.15) is 8.78 Å². The van der Waals surface area contributed by atoms with Crippen molar-refractivity contribution in [2.45, 2.75) is 25.6 Å². The molecule has 0 bridgehead atoms. The van der Waals surface area contributed by atoms with Gasteiger partial charge in [0.1, 0.15) is 7.85 Å². The fourth-order valence-corrected chi connectivity index (χ4v) is 1.56. The molecule has 94 valence electrons. The minimum Gasteiger partial charge on any atom is -0.491 e. The molecule has 0 radical (unpaired) electrons. The lowest BCUT2D eigenvalue weighted by molar-refractivity contribution is 0.324. The van der Waals surface area contributed by atoms with Crippen molar-refractivity contribution in [3.05, 3.63) is 28.8 Å². The maximum atomic E-state index is 13.7. The van der Waals surface area contributed by atoms with Crippen LogP contribution in [0.2, 0.25) is 0 Å². The number of benzene rings is 1. The maximum absolute atomic E-state index is 13.7. The predicted octanol–water partition coefficient (Wildman–Crippen LogP) is 2.51. The van der Waals surface area contributed by atoms with E-state index in [9.17, 15) is 17.6 Å². The fourth-order valence-electron chi connectivity index (χ4n) is 1.56. The molecule has 1 rings (SSSR count). The first-order valence-electron chi connectivity index (χ1n) is 5.18. The molecule has 1 aromatic carbocycles. The third-order valence-corrected chi connectivity index (χ3v) is 2.99. The first-order valence-corrected chi connectivity index (χ1v) is 5.18. The Bertz CT molecular complexity index is 417. The second kappa shape index (κ2) is 4.59. The van der Waals surface area contributed by atoms with Gasteiger partial charge in [-0.3, -0.25) is 0 Å². The largest absolute Gasteiger partial charge is 0.491 e. The van der Waals surface area contributed by atoms with Gasteiger partial charge in [-0.05, 0) is 5.31 Å². The number of hydrogen-bond acceptors (Lipinski definition) is 1. The maximum Gasteiger partial charge on any atom is 0.204 e. The molecule has 17 heavy (non-hydrogen) atoms. The molecule has 0 aliphatic carbocycles. The van der Waals surface area contributed by atoms with Crippen LogP contribution in [0.1, 0.15) is 25.8 Å². The molecule has 0 saturated carbocycles. The van der Waals surface area contributed by atoms with Crippen LogP contribution in [-0.2, 0) is 5.31 Å². The first-order chi connectivity index (χ1) is 7.77. The van der Waals surface area contributed by atoms with Crippen molar-refractivity contribution in [3.8, 4) is 5.75 Å². The summed E-state index contributed by atoms with van der Waals surface area (Å²) in [6.45, 7) is 3.19. The quantitative estimate of drug-likeness (QED) is 0.453. The van der Waals surface area contributed by atoms with E-state index in [0.29, 0.717) is 6.42 Å². The van der Waals surface area contributed by atoms with Gasteiger partial charge in [-0.15, -0.1) is 0 Å².